The summed E-state index contributed by atoms with van der Waals surface area (Å²) in [6, 6.07) is 70.6. The smallest absolute Gasteiger partial charge is 0.236 e. The molecule has 14 rings (SSSR count). The number of thiophene rings is 1. The van der Waals surface area contributed by atoms with E-state index >= 15 is 0 Å². The van der Waals surface area contributed by atoms with E-state index in [2.05, 4.69) is 203 Å². The maximum Gasteiger partial charge on any atom is 0.236 e. The molecule has 0 spiro atoms. The average Bonchev–Trinajstić information content (AvgIpc) is 3.98. The Morgan fingerprint density at radius 3 is 1.75 bits per heavy atom. The number of nitrogens with zero attached hydrogens (tertiary/aromatic N) is 4. The van der Waals surface area contributed by atoms with Crippen molar-refractivity contribution < 1.29 is 0 Å². The summed E-state index contributed by atoms with van der Waals surface area (Å²) >= 11 is 1.74. The minimum absolute atomic E-state index is 0.664. The molecule has 0 fully saturated rings. The van der Waals surface area contributed by atoms with Gasteiger partial charge in [-0.25, -0.2) is 9.97 Å². The Balaban J connectivity index is 1.16. The molecule has 10 aromatic carbocycles. The zero-order valence-electron chi connectivity index (χ0n) is 32.7. The van der Waals surface area contributed by atoms with Crippen molar-refractivity contribution in [1.29, 1.82) is 0 Å². The molecule has 61 heavy (non-hydrogen) atoms. The number of fused-ring (bicyclic) bond motifs is 17. The maximum absolute atomic E-state index is 5.80. The Labute approximate surface area is 352 Å². The molecule has 0 aliphatic rings. The van der Waals surface area contributed by atoms with E-state index in [0.29, 0.717) is 5.95 Å². The summed E-state index contributed by atoms with van der Waals surface area (Å²) in [4.78, 5) is 12.3. The lowest BCUT2D eigenvalue weighted by Gasteiger charge is -2.13. The summed E-state index contributed by atoms with van der Waals surface area (Å²) < 4.78 is 5.92. The topological polar surface area (TPSA) is 35.6 Å². The van der Waals surface area contributed by atoms with Gasteiger partial charge in [-0.3, -0.25) is 4.57 Å². The van der Waals surface area contributed by atoms with Crippen molar-refractivity contribution in [2.75, 3.05) is 0 Å². The van der Waals surface area contributed by atoms with Crippen LogP contribution in [0, 0.1) is 0 Å². The molecular weight excluding hydrogens is 761 g/mol. The maximum atomic E-state index is 5.80. The van der Waals surface area contributed by atoms with Crippen LogP contribution in [-0.4, -0.2) is 19.1 Å². The number of aromatic nitrogens is 4. The lowest BCUT2D eigenvalue weighted by molar-refractivity contribution is 1.02. The van der Waals surface area contributed by atoms with Crippen molar-refractivity contribution in [3.05, 3.63) is 194 Å². The van der Waals surface area contributed by atoms with E-state index in [4.69, 9.17) is 9.97 Å². The molecule has 0 bridgehead atoms. The molecule has 0 aliphatic carbocycles. The highest BCUT2D eigenvalue weighted by molar-refractivity contribution is 7.25. The normalized spacial score (nSPS) is 12.3. The van der Waals surface area contributed by atoms with Crippen LogP contribution in [0.15, 0.2) is 194 Å². The number of benzene rings is 10. The van der Waals surface area contributed by atoms with Crippen molar-refractivity contribution in [1.82, 2.24) is 19.1 Å². The van der Waals surface area contributed by atoms with Crippen LogP contribution in [0.3, 0.4) is 0 Å². The van der Waals surface area contributed by atoms with Crippen LogP contribution in [-0.2, 0) is 0 Å². The molecule has 0 N–H and O–H groups in total. The number of rotatable bonds is 3. The summed E-state index contributed by atoms with van der Waals surface area (Å²) in [5, 5.41) is 17.0. The quantitative estimate of drug-likeness (QED) is 0.167. The summed E-state index contributed by atoms with van der Waals surface area (Å²) in [6.45, 7) is 0. The van der Waals surface area contributed by atoms with Gasteiger partial charge in [0.1, 0.15) is 4.83 Å². The Morgan fingerprint density at radius 2 is 0.951 bits per heavy atom. The third-order valence-electron chi connectivity index (χ3n) is 12.9. The Hall–Kier alpha value is -7.86. The van der Waals surface area contributed by atoms with E-state index in [0.717, 1.165) is 49.2 Å². The molecule has 0 atom stereocenters. The average molecular weight is 793 g/mol. The first-order valence-corrected chi connectivity index (χ1v) is 21.6. The summed E-state index contributed by atoms with van der Waals surface area (Å²) in [5.74, 6) is 0.664. The SMILES string of the molecule is c1ccc(-n2c3ccccc3c3c(-c4nc(-n5c6cc7ccccc7cc6c6c7c8ccccc8c8ccccc8c7ccc65)nc5sc6ccccc6c45)cccc32)cc1. The number of hydrogen-bond donors (Lipinski definition) is 0. The third kappa shape index (κ3) is 4.53. The molecule has 0 amide bonds. The van der Waals surface area contributed by atoms with Crippen molar-refractivity contribution in [2.24, 2.45) is 0 Å². The van der Waals surface area contributed by atoms with E-state index in [-0.39, 0.29) is 0 Å². The van der Waals surface area contributed by atoms with Crippen molar-refractivity contribution in [2.45, 2.75) is 0 Å². The van der Waals surface area contributed by atoms with Crippen LogP contribution in [0.1, 0.15) is 0 Å². The minimum Gasteiger partial charge on any atom is -0.309 e. The van der Waals surface area contributed by atoms with Crippen molar-refractivity contribution >= 4 is 118 Å². The first-order chi connectivity index (χ1) is 30.3. The minimum atomic E-state index is 0.664. The molecule has 0 aliphatic heterocycles. The van der Waals surface area contributed by atoms with Gasteiger partial charge in [0, 0.05) is 53.7 Å². The van der Waals surface area contributed by atoms with Gasteiger partial charge in [-0.1, -0.05) is 146 Å². The Bertz CT molecular complexity index is 4140. The van der Waals surface area contributed by atoms with Crippen LogP contribution in [0.5, 0.6) is 0 Å². The fourth-order valence-electron chi connectivity index (χ4n) is 10.4. The molecule has 0 unspecified atom stereocenters. The van der Waals surface area contributed by atoms with E-state index in [1.165, 1.54) is 74.7 Å². The molecule has 4 aromatic heterocycles. The molecule has 14 aromatic rings. The zero-order valence-corrected chi connectivity index (χ0v) is 33.5. The number of hydrogen-bond acceptors (Lipinski definition) is 3. The molecule has 0 saturated carbocycles. The van der Waals surface area contributed by atoms with Gasteiger partial charge in [-0.2, -0.15) is 0 Å². The Morgan fingerprint density at radius 1 is 0.344 bits per heavy atom. The molecule has 4 heterocycles. The van der Waals surface area contributed by atoms with Gasteiger partial charge in [0.2, 0.25) is 5.95 Å². The molecule has 4 nitrogen and oxygen atoms in total. The molecular formula is C56H32N4S. The lowest BCUT2D eigenvalue weighted by Crippen LogP contribution is -2.03. The first-order valence-electron chi connectivity index (χ1n) is 20.8. The van der Waals surface area contributed by atoms with Crippen LogP contribution < -0.4 is 0 Å². The van der Waals surface area contributed by atoms with Crippen LogP contribution in [0.2, 0.25) is 0 Å². The second kappa shape index (κ2) is 12.3. The van der Waals surface area contributed by atoms with Gasteiger partial charge >= 0.3 is 0 Å². The highest BCUT2D eigenvalue weighted by atomic mass is 32.1. The van der Waals surface area contributed by atoms with Crippen molar-refractivity contribution in [3.8, 4) is 22.9 Å². The van der Waals surface area contributed by atoms with Crippen molar-refractivity contribution in [3.63, 3.8) is 0 Å². The standard InChI is InChI=1S/C56H32N4S/c1-2-17-35(18-3-1)59-45-26-12-10-23-41(45)50-43(25-14-27-46(50)59)54-53-42-24-11-13-28-49(42)61-55(53)58-56(57-54)60-47-30-29-40-38-21-7-6-19-36(38)37-20-8-9-22-39(37)51(40)52(47)44-31-33-15-4-5-16-34(33)32-48(44)60/h1-32H. The van der Waals surface area contributed by atoms with Crippen LogP contribution in [0.4, 0.5) is 0 Å². The fraction of sp³-hybridized carbons (Fsp3) is 0. The highest BCUT2D eigenvalue weighted by Crippen LogP contribution is 2.47. The third-order valence-corrected chi connectivity index (χ3v) is 14.0. The predicted octanol–water partition coefficient (Wildman–Crippen LogP) is 15.3. The van der Waals surface area contributed by atoms with Gasteiger partial charge in [0.05, 0.1) is 27.8 Å². The van der Waals surface area contributed by atoms with Gasteiger partial charge in [-0.05, 0) is 86.2 Å². The molecule has 0 saturated heterocycles. The van der Waals surface area contributed by atoms with Gasteiger partial charge < -0.3 is 4.57 Å². The fourth-order valence-corrected chi connectivity index (χ4v) is 11.5. The highest BCUT2D eigenvalue weighted by Gasteiger charge is 2.25. The predicted molar refractivity (Wildman–Crippen MR) is 259 cm³/mol. The van der Waals surface area contributed by atoms with E-state index in [9.17, 15) is 0 Å². The second-order valence-electron chi connectivity index (χ2n) is 16.1. The first kappa shape index (κ1) is 33.0. The molecule has 282 valence electrons. The number of para-hydroxylation sites is 2. The largest absolute Gasteiger partial charge is 0.309 e. The summed E-state index contributed by atoms with van der Waals surface area (Å²) in [6.07, 6.45) is 0. The monoisotopic (exact) mass is 792 g/mol. The second-order valence-corrected chi connectivity index (χ2v) is 17.1. The van der Waals surface area contributed by atoms with Crippen LogP contribution in [0.25, 0.3) is 130 Å². The zero-order chi connectivity index (χ0) is 39.8. The summed E-state index contributed by atoms with van der Waals surface area (Å²) in [7, 11) is 0. The van der Waals surface area contributed by atoms with E-state index < -0.39 is 0 Å². The van der Waals surface area contributed by atoms with Gasteiger partial charge in [0.25, 0.3) is 0 Å². The van der Waals surface area contributed by atoms with Crippen LogP contribution >= 0.6 is 11.3 Å². The van der Waals surface area contributed by atoms with E-state index in [1.54, 1.807) is 11.3 Å². The van der Waals surface area contributed by atoms with E-state index in [1.807, 2.05) is 0 Å². The summed E-state index contributed by atoms with van der Waals surface area (Å²) in [5.41, 5.74) is 7.64. The Kier molecular flexibility index (Phi) is 6.68. The van der Waals surface area contributed by atoms with Gasteiger partial charge in [-0.15, -0.1) is 11.3 Å². The molecule has 0 radical (unpaired) electrons. The van der Waals surface area contributed by atoms with Gasteiger partial charge in [0.15, 0.2) is 0 Å². The lowest BCUT2D eigenvalue weighted by atomic mass is 9.91. The molecule has 5 heteroatoms.